The van der Waals surface area contributed by atoms with E-state index in [0.717, 1.165) is 29.1 Å². The molecule has 0 atom stereocenters. The standard InChI is InChI=1S/C31H38N2O9S3/c1-6-17-32-26-15-13-22(44(37,38)39)20-24(26)30(2,3)28(32)11-8-7-9-12-29-31(4,5)25-21-23(45(40,41)42)14-16-27(25)33(29)18-10-19-43(34,35)36/h7-9,11-16,20-21H,6,10,17-19H2,1-5H3,(H2-,34,35,36,37,38,39,40,41,42)/p-1. The number of allylic oxidation sites excluding steroid dienone is 6. The molecule has 2 aromatic carbocycles. The molecule has 2 aliphatic rings. The molecule has 0 fully saturated rings. The molecule has 11 nitrogen and oxygen atoms in total. The lowest BCUT2D eigenvalue weighted by molar-refractivity contribution is -0.437. The van der Waals surface area contributed by atoms with Gasteiger partial charge in [0, 0.05) is 47.5 Å². The quantitative estimate of drug-likeness (QED) is 0.204. The van der Waals surface area contributed by atoms with Gasteiger partial charge >= 0.3 is 0 Å². The second-order valence-corrected chi connectivity index (χ2v) is 16.5. The Kier molecular flexibility index (Phi) is 9.44. The van der Waals surface area contributed by atoms with Crippen LogP contribution in [0.15, 0.2) is 82.3 Å². The minimum atomic E-state index is -4.70. The molecule has 4 rings (SSSR count). The summed E-state index contributed by atoms with van der Waals surface area (Å²) in [4.78, 5) is 1.22. The van der Waals surface area contributed by atoms with Crippen LogP contribution in [0.2, 0.25) is 0 Å². The predicted octanol–water partition coefficient (Wildman–Crippen LogP) is 4.35. The van der Waals surface area contributed by atoms with Crippen LogP contribution >= 0.6 is 0 Å². The predicted molar refractivity (Wildman–Crippen MR) is 170 cm³/mol. The van der Waals surface area contributed by atoms with E-state index in [2.05, 4.69) is 4.58 Å². The number of hydrogen-bond donors (Lipinski definition) is 1. The summed E-state index contributed by atoms with van der Waals surface area (Å²) < 4.78 is 104. The van der Waals surface area contributed by atoms with Crippen LogP contribution in [0.3, 0.4) is 0 Å². The summed E-state index contributed by atoms with van der Waals surface area (Å²) in [6.45, 7) is 10.6. The lowest BCUT2D eigenvalue weighted by Gasteiger charge is -2.27. The average Bonchev–Trinajstić information content (AvgIpc) is 3.25. The fraction of sp³-hybridized carbons (Fsp3) is 0.387. The molecule has 0 spiro atoms. The number of benzene rings is 2. The summed E-state index contributed by atoms with van der Waals surface area (Å²) in [6.07, 6.45) is 10.1. The van der Waals surface area contributed by atoms with Crippen LogP contribution < -0.4 is 4.90 Å². The first-order valence-electron chi connectivity index (χ1n) is 14.3. The van der Waals surface area contributed by atoms with Gasteiger partial charge in [-0.1, -0.05) is 39.0 Å². The third-order valence-corrected chi connectivity index (χ3v) is 10.7. The third-order valence-electron chi connectivity index (χ3n) is 8.27. The van der Waals surface area contributed by atoms with Crippen LogP contribution in [0.1, 0.15) is 58.6 Å². The molecular formula is C31H37N2O9S3-. The zero-order valence-corrected chi connectivity index (χ0v) is 28.2. The van der Waals surface area contributed by atoms with Gasteiger partial charge < -0.3 is 14.0 Å². The first-order valence-corrected chi connectivity index (χ1v) is 18.8. The van der Waals surface area contributed by atoms with E-state index in [4.69, 9.17) is 0 Å². The molecule has 0 aliphatic carbocycles. The van der Waals surface area contributed by atoms with Crippen LogP contribution in [0.25, 0.3) is 0 Å². The van der Waals surface area contributed by atoms with E-state index in [0.29, 0.717) is 17.8 Å². The van der Waals surface area contributed by atoms with Crippen LogP contribution in [0.4, 0.5) is 11.4 Å². The van der Waals surface area contributed by atoms with Gasteiger partial charge in [-0.3, -0.25) is 4.55 Å². The first kappa shape index (κ1) is 34.7. The molecule has 2 heterocycles. The number of rotatable bonds is 11. The second-order valence-electron chi connectivity index (χ2n) is 12.1. The average molecular weight is 678 g/mol. The van der Waals surface area contributed by atoms with Gasteiger partial charge in [-0.05, 0) is 62.2 Å². The first-order chi connectivity index (χ1) is 20.7. The smallest absolute Gasteiger partial charge is 0.264 e. The van der Waals surface area contributed by atoms with Crippen molar-refractivity contribution in [3.05, 3.63) is 83.6 Å². The Morgan fingerprint density at radius 3 is 2.02 bits per heavy atom. The van der Waals surface area contributed by atoms with E-state index >= 15 is 0 Å². The molecule has 1 N–H and O–H groups in total. The van der Waals surface area contributed by atoms with Crippen LogP contribution in [-0.2, 0) is 41.2 Å². The molecule has 2 aliphatic heterocycles. The SMILES string of the molecule is CCC[N+]1=C(/C=C/C=C/C=C2/N(CCCS(=O)(=O)O)c3ccc(S(=O)(=O)[O-])cc3C2(C)C)C(C)(C)c2cc(S(=O)(=O)[O-])ccc21. The van der Waals surface area contributed by atoms with E-state index in [1.54, 1.807) is 18.2 Å². The van der Waals surface area contributed by atoms with Crippen LogP contribution in [0.5, 0.6) is 0 Å². The second kappa shape index (κ2) is 12.2. The lowest BCUT2D eigenvalue weighted by atomic mass is 9.81. The van der Waals surface area contributed by atoms with Gasteiger partial charge in [0.25, 0.3) is 10.1 Å². The van der Waals surface area contributed by atoms with Crippen molar-refractivity contribution in [3.63, 3.8) is 0 Å². The van der Waals surface area contributed by atoms with Gasteiger partial charge in [-0.2, -0.15) is 13.0 Å². The maximum atomic E-state index is 11.7. The highest BCUT2D eigenvalue weighted by molar-refractivity contribution is 7.86. The fourth-order valence-corrected chi connectivity index (χ4v) is 7.58. The Hall–Kier alpha value is -3.14. The molecule has 0 bridgehead atoms. The van der Waals surface area contributed by atoms with Crippen LogP contribution in [0, 0.1) is 0 Å². The van der Waals surface area contributed by atoms with Crippen molar-refractivity contribution in [2.45, 2.75) is 68.1 Å². The largest absolute Gasteiger partial charge is 0.744 e. The van der Waals surface area contributed by atoms with Gasteiger partial charge in [-0.25, -0.2) is 16.8 Å². The minimum Gasteiger partial charge on any atom is -0.744 e. The van der Waals surface area contributed by atoms with E-state index in [-0.39, 0.29) is 22.8 Å². The van der Waals surface area contributed by atoms with Gasteiger partial charge in [0.1, 0.15) is 26.8 Å². The van der Waals surface area contributed by atoms with Gasteiger partial charge in [0.15, 0.2) is 5.71 Å². The normalized spacial score (nSPS) is 18.8. The molecule has 0 amide bonds. The monoisotopic (exact) mass is 677 g/mol. The maximum absolute atomic E-state index is 11.7. The van der Waals surface area contributed by atoms with Gasteiger partial charge in [-0.15, -0.1) is 0 Å². The highest BCUT2D eigenvalue weighted by Crippen LogP contribution is 2.48. The lowest BCUT2D eigenvalue weighted by Crippen LogP contribution is -2.28. The Balaban J connectivity index is 1.69. The molecular weight excluding hydrogens is 641 g/mol. The van der Waals surface area contributed by atoms with Crippen molar-refractivity contribution in [2.75, 3.05) is 23.7 Å². The van der Waals surface area contributed by atoms with E-state index in [9.17, 15) is 38.9 Å². The van der Waals surface area contributed by atoms with Crippen LogP contribution in [-0.4, -0.2) is 68.0 Å². The summed E-state index contributed by atoms with van der Waals surface area (Å²) in [6, 6.07) is 8.55. The van der Waals surface area contributed by atoms with E-state index in [1.807, 2.05) is 57.7 Å². The molecule has 0 saturated carbocycles. The number of nitrogens with zero attached hydrogens (tertiary/aromatic N) is 2. The molecule has 244 valence electrons. The highest BCUT2D eigenvalue weighted by atomic mass is 32.2. The van der Waals surface area contributed by atoms with Crippen molar-refractivity contribution in [1.82, 2.24) is 0 Å². The van der Waals surface area contributed by atoms with Crippen molar-refractivity contribution >= 4 is 47.4 Å². The third kappa shape index (κ3) is 7.16. The molecule has 14 heteroatoms. The molecule has 45 heavy (non-hydrogen) atoms. The van der Waals surface area contributed by atoms with Crippen molar-refractivity contribution in [1.29, 1.82) is 0 Å². The minimum absolute atomic E-state index is 0.105. The molecule has 0 saturated heterocycles. The summed E-state index contributed by atoms with van der Waals surface area (Å²) in [7, 11) is -13.5. The highest BCUT2D eigenvalue weighted by Gasteiger charge is 2.44. The molecule has 2 aromatic rings. The van der Waals surface area contributed by atoms with E-state index < -0.39 is 46.9 Å². The van der Waals surface area contributed by atoms with Gasteiger partial charge in [0.05, 0.1) is 21.0 Å². The summed E-state index contributed by atoms with van der Waals surface area (Å²) in [5.41, 5.74) is 3.12. The Labute approximate surface area is 265 Å². The molecule has 0 unspecified atom stereocenters. The maximum Gasteiger partial charge on any atom is 0.264 e. The Bertz CT molecular complexity index is 1970. The van der Waals surface area contributed by atoms with E-state index in [1.165, 1.54) is 30.3 Å². The summed E-state index contributed by atoms with van der Waals surface area (Å²) in [5, 5.41) is 0. The summed E-state index contributed by atoms with van der Waals surface area (Å²) >= 11 is 0. The number of fused-ring (bicyclic) bond motifs is 2. The fourth-order valence-electron chi connectivity index (χ4n) is 6.09. The summed E-state index contributed by atoms with van der Waals surface area (Å²) in [5.74, 6) is -0.453. The Morgan fingerprint density at radius 2 is 1.44 bits per heavy atom. The number of hydrogen-bond acceptors (Lipinski definition) is 9. The van der Waals surface area contributed by atoms with Crippen molar-refractivity contribution in [3.8, 4) is 0 Å². The van der Waals surface area contributed by atoms with Crippen molar-refractivity contribution in [2.24, 2.45) is 0 Å². The van der Waals surface area contributed by atoms with Crippen molar-refractivity contribution < 1.29 is 43.5 Å². The number of anilines is 1. The molecule has 0 radical (unpaired) electrons. The van der Waals surface area contributed by atoms with Gasteiger partial charge in [0.2, 0.25) is 5.69 Å². The Morgan fingerprint density at radius 1 is 0.844 bits per heavy atom. The zero-order chi connectivity index (χ0) is 33.6. The zero-order valence-electron chi connectivity index (χ0n) is 25.7. The topological polar surface area (TPSA) is 175 Å². The molecule has 0 aromatic heterocycles.